The molecule has 0 radical (unpaired) electrons. The van der Waals surface area contributed by atoms with Gasteiger partial charge in [-0.2, -0.15) is 0 Å². The Labute approximate surface area is 129 Å². The van der Waals surface area contributed by atoms with Gasteiger partial charge >= 0.3 is 5.97 Å². The summed E-state index contributed by atoms with van der Waals surface area (Å²) in [6.07, 6.45) is -0.00717. The first-order valence-corrected chi connectivity index (χ1v) is 7.16. The van der Waals surface area contributed by atoms with Crippen LogP contribution in [0.1, 0.15) is 20.3 Å². The molecule has 122 valence electrons. The number of nitrogens with one attached hydrogen (secondary N) is 1. The first-order chi connectivity index (χ1) is 10.5. The molecule has 0 aromatic heterocycles. The van der Waals surface area contributed by atoms with E-state index in [1.54, 1.807) is 45.2 Å². The first kappa shape index (κ1) is 17.9. The number of methoxy groups -OCH3 is 1. The number of alkyl halides is 1. The zero-order valence-electron chi connectivity index (χ0n) is 13.1. The van der Waals surface area contributed by atoms with E-state index in [9.17, 15) is 14.0 Å². The van der Waals surface area contributed by atoms with Crippen LogP contribution in [0.3, 0.4) is 0 Å². The number of Topliss-reactive ketones (excluding diaryl/α,β-unsaturated/α-hetero) is 1. The second-order valence-electron chi connectivity index (χ2n) is 4.88. The van der Waals surface area contributed by atoms with E-state index in [2.05, 4.69) is 5.32 Å². The van der Waals surface area contributed by atoms with Crippen molar-refractivity contribution in [2.75, 3.05) is 25.7 Å². The highest BCUT2D eigenvalue weighted by Gasteiger charge is 2.26. The molecule has 1 aromatic carbocycles. The van der Waals surface area contributed by atoms with Crippen molar-refractivity contribution >= 4 is 17.4 Å². The highest BCUT2D eigenvalue weighted by molar-refractivity contribution is 5.84. The van der Waals surface area contributed by atoms with Crippen LogP contribution in [0.15, 0.2) is 24.3 Å². The molecule has 0 bridgehead atoms. The lowest BCUT2D eigenvalue weighted by Gasteiger charge is -2.24. The lowest BCUT2D eigenvalue weighted by Crippen LogP contribution is -2.36. The van der Waals surface area contributed by atoms with E-state index in [0.29, 0.717) is 11.4 Å². The largest absolute Gasteiger partial charge is 0.497 e. The summed E-state index contributed by atoms with van der Waals surface area (Å²) in [6, 6.07) is 6.51. The minimum atomic E-state index is -1.05. The van der Waals surface area contributed by atoms with Crippen molar-refractivity contribution < 1.29 is 23.5 Å². The number of anilines is 1. The Balaban J connectivity index is 2.83. The summed E-state index contributed by atoms with van der Waals surface area (Å²) in [5.74, 6) is -0.917. The molecule has 6 heteroatoms. The fraction of sp³-hybridized carbons (Fsp3) is 0.500. The third-order valence-corrected chi connectivity index (χ3v) is 3.38. The van der Waals surface area contributed by atoms with Crippen LogP contribution in [0, 0.1) is 5.92 Å². The Morgan fingerprint density at radius 3 is 2.41 bits per heavy atom. The Kier molecular flexibility index (Phi) is 7.36. The van der Waals surface area contributed by atoms with Gasteiger partial charge in [0.05, 0.1) is 20.1 Å². The number of halogens is 1. The van der Waals surface area contributed by atoms with Gasteiger partial charge in [-0.05, 0) is 31.2 Å². The van der Waals surface area contributed by atoms with Crippen LogP contribution in [0.25, 0.3) is 0 Å². The fourth-order valence-electron chi connectivity index (χ4n) is 2.00. The van der Waals surface area contributed by atoms with Gasteiger partial charge in [0.15, 0.2) is 5.78 Å². The van der Waals surface area contributed by atoms with Crippen LogP contribution < -0.4 is 10.1 Å². The molecule has 1 aromatic rings. The summed E-state index contributed by atoms with van der Waals surface area (Å²) in [5.41, 5.74) is 0.716. The van der Waals surface area contributed by atoms with Crippen LogP contribution in [-0.2, 0) is 14.3 Å². The van der Waals surface area contributed by atoms with E-state index < -0.39 is 30.4 Å². The van der Waals surface area contributed by atoms with Gasteiger partial charge < -0.3 is 14.8 Å². The smallest absolute Gasteiger partial charge is 0.307 e. The SMILES string of the molecule is CCOC(=O)C[C@@H](Nc1ccc(OC)cc1)[C@H](C)C(=O)CF. The number of esters is 1. The molecule has 1 N–H and O–H groups in total. The van der Waals surface area contributed by atoms with Crippen molar-refractivity contribution in [2.45, 2.75) is 26.3 Å². The fourth-order valence-corrected chi connectivity index (χ4v) is 2.00. The molecule has 0 aliphatic rings. The molecule has 0 saturated heterocycles. The molecular weight excluding hydrogens is 289 g/mol. The Bertz CT molecular complexity index is 489. The van der Waals surface area contributed by atoms with E-state index in [0.717, 1.165) is 0 Å². The third kappa shape index (κ3) is 5.35. The minimum Gasteiger partial charge on any atom is -0.497 e. The highest BCUT2D eigenvalue weighted by atomic mass is 19.1. The molecule has 0 aliphatic carbocycles. The Morgan fingerprint density at radius 1 is 1.27 bits per heavy atom. The highest BCUT2D eigenvalue weighted by Crippen LogP contribution is 2.20. The van der Waals surface area contributed by atoms with Gasteiger partial charge in [-0.25, -0.2) is 4.39 Å². The molecule has 1 rings (SSSR count). The standard InChI is InChI=1S/C16H22FNO4/c1-4-22-16(20)9-14(11(2)15(19)10-17)18-12-5-7-13(21-3)8-6-12/h5-8,11,14,18H,4,9-10H2,1-3H3/t11-,14+/m0/s1. The summed E-state index contributed by atoms with van der Waals surface area (Å²) in [7, 11) is 1.56. The maximum Gasteiger partial charge on any atom is 0.307 e. The van der Waals surface area contributed by atoms with E-state index in [-0.39, 0.29) is 13.0 Å². The first-order valence-electron chi connectivity index (χ1n) is 7.16. The van der Waals surface area contributed by atoms with E-state index >= 15 is 0 Å². The summed E-state index contributed by atoms with van der Waals surface area (Å²) < 4.78 is 22.6. The van der Waals surface area contributed by atoms with Gasteiger partial charge in [0, 0.05) is 17.6 Å². The van der Waals surface area contributed by atoms with Crippen LogP contribution in [0.4, 0.5) is 10.1 Å². The monoisotopic (exact) mass is 311 g/mol. The lowest BCUT2D eigenvalue weighted by molar-refractivity contribution is -0.143. The average molecular weight is 311 g/mol. The number of rotatable bonds is 9. The van der Waals surface area contributed by atoms with E-state index in [1.165, 1.54) is 0 Å². The topological polar surface area (TPSA) is 64.6 Å². The average Bonchev–Trinajstić information content (AvgIpc) is 2.53. The number of carbonyl (C=O) groups is 2. The molecule has 0 fully saturated rings. The normalized spacial score (nSPS) is 13.1. The summed E-state index contributed by atoms with van der Waals surface area (Å²) in [5, 5.41) is 3.09. The zero-order valence-corrected chi connectivity index (χ0v) is 13.1. The molecule has 0 aliphatic heterocycles. The summed E-state index contributed by atoms with van der Waals surface area (Å²) in [6.45, 7) is 2.52. The van der Waals surface area contributed by atoms with Crippen molar-refractivity contribution in [1.29, 1.82) is 0 Å². The van der Waals surface area contributed by atoms with Gasteiger partial charge in [-0.15, -0.1) is 0 Å². The van der Waals surface area contributed by atoms with Crippen LogP contribution in [-0.4, -0.2) is 38.2 Å². The number of hydrogen-bond donors (Lipinski definition) is 1. The van der Waals surface area contributed by atoms with Crippen LogP contribution in [0.5, 0.6) is 5.75 Å². The number of ether oxygens (including phenoxy) is 2. The van der Waals surface area contributed by atoms with Gasteiger partial charge in [-0.3, -0.25) is 9.59 Å². The van der Waals surface area contributed by atoms with E-state index in [1.807, 2.05) is 0 Å². The number of carbonyl (C=O) groups excluding carboxylic acids is 2. The Hall–Kier alpha value is -2.11. The molecule has 2 atom stereocenters. The molecule has 0 amide bonds. The van der Waals surface area contributed by atoms with Crippen LogP contribution in [0.2, 0.25) is 0 Å². The van der Waals surface area contributed by atoms with Crippen molar-refractivity contribution in [3.63, 3.8) is 0 Å². The molecule has 0 spiro atoms. The number of benzene rings is 1. The predicted octanol–water partition coefficient (Wildman–Crippen LogP) is 2.60. The number of hydrogen-bond acceptors (Lipinski definition) is 5. The van der Waals surface area contributed by atoms with Crippen molar-refractivity contribution in [1.82, 2.24) is 0 Å². The molecule has 22 heavy (non-hydrogen) atoms. The second kappa shape index (κ2) is 9.02. The quantitative estimate of drug-likeness (QED) is 0.710. The lowest BCUT2D eigenvalue weighted by atomic mass is 9.94. The van der Waals surface area contributed by atoms with Gasteiger partial charge in [-0.1, -0.05) is 6.92 Å². The van der Waals surface area contributed by atoms with Crippen molar-refractivity contribution in [2.24, 2.45) is 5.92 Å². The van der Waals surface area contributed by atoms with Gasteiger partial charge in [0.25, 0.3) is 0 Å². The summed E-state index contributed by atoms with van der Waals surface area (Å²) in [4.78, 5) is 23.3. The van der Waals surface area contributed by atoms with Crippen molar-refractivity contribution in [3.8, 4) is 5.75 Å². The van der Waals surface area contributed by atoms with Gasteiger partial charge in [0.2, 0.25) is 0 Å². The second-order valence-corrected chi connectivity index (χ2v) is 4.88. The molecule has 5 nitrogen and oxygen atoms in total. The zero-order chi connectivity index (χ0) is 16.5. The Morgan fingerprint density at radius 2 is 1.91 bits per heavy atom. The van der Waals surface area contributed by atoms with Gasteiger partial charge in [0.1, 0.15) is 12.4 Å². The third-order valence-electron chi connectivity index (χ3n) is 3.38. The molecule has 0 heterocycles. The molecule has 0 saturated carbocycles. The van der Waals surface area contributed by atoms with Crippen LogP contribution >= 0.6 is 0 Å². The molecule has 0 unspecified atom stereocenters. The van der Waals surface area contributed by atoms with Crippen molar-refractivity contribution in [3.05, 3.63) is 24.3 Å². The maximum absolute atomic E-state index is 12.6. The summed E-state index contributed by atoms with van der Waals surface area (Å²) >= 11 is 0. The minimum absolute atomic E-state index is 0.00717. The molecular formula is C16H22FNO4. The predicted molar refractivity (Wildman–Crippen MR) is 81.8 cm³/mol. The van der Waals surface area contributed by atoms with E-state index in [4.69, 9.17) is 9.47 Å². The maximum atomic E-state index is 12.6. The number of ketones is 1.